The van der Waals surface area contributed by atoms with Crippen LogP contribution < -0.4 is 16.4 Å². The second kappa shape index (κ2) is 8.13. The van der Waals surface area contributed by atoms with Crippen LogP contribution in [0.2, 0.25) is 0 Å². The van der Waals surface area contributed by atoms with E-state index in [1.165, 1.54) is 0 Å². The van der Waals surface area contributed by atoms with E-state index in [1.807, 2.05) is 18.2 Å². The molecule has 2 heterocycles. The van der Waals surface area contributed by atoms with Crippen molar-refractivity contribution in [3.63, 3.8) is 0 Å². The van der Waals surface area contributed by atoms with Crippen molar-refractivity contribution in [3.05, 3.63) is 84.7 Å². The van der Waals surface area contributed by atoms with Crippen LogP contribution >= 0.6 is 0 Å². The zero-order valence-electron chi connectivity index (χ0n) is 15.3. The van der Waals surface area contributed by atoms with Crippen LogP contribution in [0.25, 0.3) is 11.5 Å². The Kier molecular flexibility index (Phi) is 5.06. The van der Waals surface area contributed by atoms with Gasteiger partial charge in [-0.15, -0.1) is 10.2 Å². The van der Waals surface area contributed by atoms with Gasteiger partial charge in [0.25, 0.3) is 5.91 Å². The number of nitrogens with one attached hydrogen (secondary N) is 2. The van der Waals surface area contributed by atoms with E-state index in [0.29, 0.717) is 40.0 Å². The summed E-state index contributed by atoms with van der Waals surface area (Å²) in [6.45, 7) is 0. The number of carbonyl (C=O) groups is 1. The zero-order chi connectivity index (χ0) is 20.1. The maximum Gasteiger partial charge on any atom is 0.255 e. The third-order valence-electron chi connectivity index (χ3n) is 4.07. The van der Waals surface area contributed by atoms with Crippen molar-refractivity contribution >= 4 is 28.8 Å². The smallest absolute Gasteiger partial charge is 0.255 e. The van der Waals surface area contributed by atoms with Crippen LogP contribution in [0.15, 0.2) is 79.1 Å². The highest BCUT2D eigenvalue weighted by Crippen LogP contribution is 2.20. The van der Waals surface area contributed by atoms with Gasteiger partial charge in [0, 0.05) is 23.6 Å². The lowest BCUT2D eigenvalue weighted by atomic mass is 10.1. The molecule has 4 rings (SSSR count). The molecule has 0 aliphatic rings. The molecule has 1 amide bonds. The summed E-state index contributed by atoms with van der Waals surface area (Å²) in [7, 11) is 0. The molecule has 29 heavy (non-hydrogen) atoms. The Hall–Kier alpha value is -4.33. The van der Waals surface area contributed by atoms with Gasteiger partial charge < -0.3 is 16.4 Å². The molecular formula is C21H17N7O. The van der Waals surface area contributed by atoms with Gasteiger partial charge in [0.15, 0.2) is 11.6 Å². The molecule has 0 unspecified atom stereocenters. The highest BCUT2D eigenvalue weighted by atomic mass is 16.1. The average Bonchev–Trinajstić information content (AvgIpc) is 2.77. The number of rotatable bonds is 5. The molecule has 0 bridgehead atoms. The second-order valence-corrected chi connectivity index (χ2v) is 6.12. The number of anilines is 4. The van der Waals surface area contributed by atoms with Crippen LogP contribution in [-0.4, -0.2) is 26.1 Å². The number of nitrogens with two attached hydrogens (primary N) is 1. The molecular weight excluding hydrogens is 366 g/mol. The highest BCUT2D eigenvalue weighted by Gasteiger charge is 2.09. The maximum absolute atomic E-state index is 12.5. The van der Waals surface area contributed by atoms with Crippen molar-refractivity contribution in [2.75, 3.05) is 16.4 Å². The summed E-state index contributed by atoms with van der Waals surface area (Å²) < 4.78 is 0. The Bertz CT molecular complexity index is 1130. The molecule has 8 heteroatoms. The summed E-state index contributed by atoms with van der Waals surface area (Å²) in [5.74, 6) is 0.786. The van der Waals surface area contributed by atoms with E-state index in [-0.39, 0.29) is 5.91 Å². The molecule has 0 saturated carbocycles. The number of carbonyl (C=O) groups excluding carboxylic acids is 1. The molecule has 0 aliphatic heterocycles. The quantitative estimate of drug-likeness (QED) is 0.451. The largest absolute Gasteiger partial charge is 0.397 e. The lowest BCUT2D eigenvalue weighted by Crippen LogP contribution is -2.13. The first kappa shape index (κ1) is 18.1. The van der Waals surface area contributed by atoms with Gasteiger partial charge in [0.2, 0.25) is 0 Å². The predicted octanol–water partition coefficient (Wildman–Crippen LogP) is 3.51. The van der Waals surface area contributed by atoms with Crippen LogP contribution in [-0.2, 0) is 0 Å². The number of nitrogen functional groups attached to an aromatic ring is 1. The Morgan fingerprint density at radius 2 is 1.69 bits per heavy atom. The molecule has 2 aromatic carbocycles. The summed E-state index contributed by atoms with van der Waals surface area (Å²) in [5.41, 5.74) is 8.72. The number of aromatic nitrogens is 4. The van der Waals surface area contributed by atoms with Gasteiger partial charge in [0.1, 0.15) is 5.69 Å². The first-order valence-corrected chi connectivity index (χ1v) is 8.83. The normalized spacial score (nSPS) is 10.3. The van der Waals surface area contributed by atoms with Gasteiger partial charge in [-0.05, 0) is 48.5 Å². The fourth-order valence-electron chi connectivity index (χ4n) is 2.64. The minimum Gasteiger partial charge on any atom is -0.397 e. The van der Waals surface area contributed by atoms with Crippen LogP contribution in [0, 0.1) is 0 Å². The van der Waals surface area contributed by atoms with Crippen LogP contribution in [0.5, 0.6) is 0 Å². The Balaban J connectivity index is 1.47. The Morgan fingerprint density at radius 1 is 0.862 bits per heavy atom. The van der Waals surface area contributed by atoms with Gasteiger partial charge >= 0.3 is 0 Å². The zero-order valence-corrected chi connectivity index (χ0v) is 15.3. The molecule has 4 aromatic rings. The predicted molar refractivity (Wildman–Crippen MR) is 112 cm³/mol. The number of amides is 1. The standard InChI is InChI=1S/C21H17N7O/c22-16-7-1-2-8-17(16)26-21(29)14-5-3-6-15(13-14)25-19-10-9-18(27-28-19)20-23-11-4-12-24-20/h1-13H,22H2,(H,25,28)(H,26,29). The van der Waals surface area contributed by atoms with Crippen LogP contribution in [0.3, 0.4) is 0 Å². The van der Waals surface area contributed by atoms with E-state index in [9.17, 15) is 4.79 Å². The van der Waals surface area contributed by atoms with Crippen LogP contribution in [0.1, 0.15) is 10.4 Å². The third kappa shape index (κ3) is 4.33. The number of para-hydroxylation sites is 2. The number of hydrogen-bond donors (Lipinski definition) is 3. The third-order valence-corrected chi connectivity index (χ3v) is 4.07. The van der Waals surface area contributed by atoms with Crippen molar-refractivity contribution in [1.29, 1.82) is 0 Å². The van der Waals surface area contributed by atoms with Gasteiger partial charge in [-0.3, -0.25) is 4.79 Å². The fraction of sp³-hybridized carbons (Fsp3) is 0. The topological polar surface area (TPSA) is 119 Å². The molecule has 8 nitrogen and oxygen atoms in total. The van der Waals surface area contributed by atoms with Gasteiger partial charge in [-0.2, -0.15) is 0 Å². The monoisotopic (exact) mass is 383 g/mol. The Labute approximate surface area is 166 Å². The fourth-order valence-corrected chi connectivity index (χ4v) is 2.64. The van der Waals surface area contributed by atoms with E-state index in [0.717, 1.165) is 0 Å². The summed E-state index contributed by atoms with van der Waals surface area (Å²) in [4.78, 5) is 20.8. The molecule has 0 radical (unpaired) electrons. The summed E-state index contributed by atoms with van der Waals surface area (Å²) >= 11 is 0. The molecule has 2 aromatic heterocycles. The lowest BCUT2D eigenvalue weighted by Gasteiger charge is -2.10. The van der Waals surface area contributed by atoms with E-state index >= 15 is 0 Å². The van der Waals surface area contributed by atoms with E-state index in [4.69, 9.17) is 5.73 Å². The number of nitrogens with zero attached hydrogens (tertiary/aromatic N) is 4. The first-order chi connectivity index (χ1) is 14.2. The minimum atomic E-state index is -0.255. The second-order valence-electron chi connectivity index (χ2n) is 6.12. The highest BCUT2D eigenvalue weighted by molar-refractivity contribution is 6.06. The van der Waals surface area contributed by atoms with Gasteiger partial charge in [0.05, 0.1) is 11.4 Å². The lowest BCUT2D eigenvalue weighted by molar-refractivity contribution is 0.102. The van der Waals surface area contributed by atoms with E-state index in [2.05, 4.69) is 30.8 Å². The van der Waals surface area contributed by atoms with Gasteiger partial charge in [-0.1, -0.05) is 18.2 Å². The number of benzene rings is 2. The molecule has 0 spiro atoms. The van der Waals surface area contributed by atoms with Crippen LogP contribution in [0.4, 0.5) is 22.9 Å². The van der Waals surface area contributed by atoms with Crippen molar-refractivity contribution in [3.8, 4) is 11.5 Å². The molecule has 0 saturated heterocycles. The molecule has 4 N–H and O–H groups in total. The summed E-state index contributed by atoms with van der Waals surface area (Å²) in [6.07, 6.45) is 3.30. The number of hydrogen-bond acceptors (Lipinski definition) is 7. The average molecular weight is 383 g/mol. The first-order valence-electron chi connectivity index (χ1n) is 8.83. The van der Waals surface area contributed by atoms with Crippen molar-refractivity contribution in [2.45, 2.75) is 0 Å². The van der Waals surface area contributed by atoms with Gasteiger partial charge in [-0.25, -0.2) is 9.97 Å². The minimum absolute atomic E-state index is 0.255. The van der Waals surface area contributed by atoms with E-state index < -0.39 is 0 Å². The SMILES string of the molecule is Nc1ccccc1NC(=O)c1cccc(Nc2ccc(-c3ncccn3)nn2)c1. The summed E-state index contributed by atoms with van der Waals surface area (Å²) in [5, 5.41) is 14.2. The summed E-state index contributed by atoms with van der Waals surface area (Å²) in [6, 6.07) is 19.5. The maximum atomic E-state index is 12.5. The Morgan fingerprint density at radius 3 is 2.45 bits per heavy atom. The molecule has 0 fully saturated rings. The molecule has 0 atom stereocenters. The van der Waals surface area contributed by atoms with Crippen molar-refractivity contribution in [1.82, 2.24) is 20.2 Å². The van der Waals surface area contributed by atoms with E-state index in [1.54, 1.807) is 60.9 Å². The van der Waals surface area contributed by atoms with Crippen molar-refractivity contribution < 1.29 is 4.79 Å². The molecule has 0 aliphatic carbocycles. The van der Waals surface area contributed by atoms with Crippen molar-refractivity contribution in [2.24, 2.45) is 0 Å². The molecule has 142 valence electrons.